The Kier molecular flexibility index (Phi) is 5.70. The molecule has 6 nitrogen and oxygen atoms in total. The highest BCUT2D eigenvalue weighted by Crippen LogP contribution is 2.17. The lowest BCUT2D eigenvalue weighted by molar-refractivity contribution is -0.138. The minimum Gasteiger partial charge on any atom is -0.346 e. The second-order valence-corrected chi connectivity index (χ2v) is 6.95. The number of carbonyl (C=O) groups excluding carboxylic acids is 1. The van der Waals surface area contributed by atoms with Crippen LogP contribution in [0.3, 0.4) is 0 Å². The van der Waals surface area contributed by atoms with Crippen molar-refractivity contribution in [2.45, 2.75) is 11.1 Å². The summed E-state index contributed by atoms with van der Waals surface area (Å²) in [5, 5.41) is 1.59. The van der Waals surface area contributed by atoms with Crippen LogP contribution in [0.5, 0.6) is 0 Å². The maximum absolute atomic E-state index is 12.1. The number of aromatic nitrogens is 1. The van der Waals surface area contributed by atoms with E-state index in [1.165, 1.54) is 12.3 Å². The van der Waals surface area contributed by atoms with Crippen molar-refractivity contribution in [2.24, 2.45) is 0 Å². The number of rotatable bonds is 5. The Hall–Kier alpha value is -1.20. The van der Waals surface area contributed by atoms with Crippen molar-refractivity contribution in [3.05, 3.63) is 22.9 Å². The Morgan fingerprint density at radius 1 is 1.43 bits per heavy atom. The van der Waals surface area contributed by atoms with Gasteiger partial charge in [-0.15, -0.1) is 0 Å². The van der Waals surface area contributed by atoms with E-state index in [9.17, 15) is 26.4 Å². The second kappa shape index (κ2) is 6.71. The highest BCUT2D eigenvalue weighted by Gasteiger charge is 2.29. The van der Waals surface area contributed by atoms with Gasteiger partial charge in [-0.3, -0.25) is 9.78 Å². The van der Waals surface area contributed by atoms with Crippen LogP contribution in [0.25, 0.3) is 0 Å². The van der Waals surface area contributed by atoms with Gasteiger partial charge in [0.15, 0.2) is 0 Å². The molecule has 0 aromatic carbocycles. The molecule has 118 valence electrons. The van der Waals surface area contributed by atoms with Gasteiger partial charge >= 0.3 is 6.18 Å². The summed E-state index contributed by atoms with van der Waals surface area (Å²) in [4.78, 5) is 14.8. The highest BCUT2D eigenvalue weighted by atomic mass is 79.9. The minimum atomic E-state index is -4.55. The Bertz CT molecular complexity index is 621. The van der Waals surface area contributed by atoms with Gasteiger partial charge in [0.1, 0.15) is 11.4 Å². The normalized spacial score (nSPS) is 12.5. The zero-order valence-corrected chi connectivity index (χ0v) is 13.1. The summed E-state index contributed by atoms with van der Waals surface area (Å²) in [6, 6.07) is 1.27. The second-order valence-electron chi connectivity index (χ2n) is 3.99. The maximum Gasteiger partial charge on any atom is 0.405 e. The fraction of sp³-hybridized carbons (Fsp3) is 0.400. The van der Waals surface area contributed by atoms with Crippen LogP contribution in [0.4, 0.5) is 13.2 Å². The first-order chi connectivity index (χ1) is 9.52. The number of hydrogen-bond donors (Lipinski definition) is 1. The molecule has 0 bridgehead atoms. The van der Waals surface area contributed by atoms with Crippen LogP contribution in [-0.4, -0.2) is 49.9 Å². The third-order valence-electron chi connectivity index (χ3n) is 2.24. The number of halogens is 4. The van der Waals surface area contributed by atoms with E-state index in [0.29, 0.717) is 8.78 Å². The molecule has 1 aromatic rings. The molecule has 1 heterocycles. The largest absolute Gasteiger partial charge is 0.405 e. The fourth-order valence-electron chi connectivity index (χ4n) is 1.26. The molecule has 0 fully saturated rings. The van der Waals surface area contributed by atoms with Crippen molar-refractivity contribution in [1.82, 2.24) is 14.6 Å². The fourth-order valence-corrected chi connectivity index (χ4v) is 2.89. The van der Waals surface area contributed by atoms with Crippen molar-refractivity contribution in [3.63, 3.8) is 0 Å². The van der Waals surface area contributed by atoms with E-state index in [2.05, 4.69) is 20.9 Å². The van der Waals surface area contributed by atoms with Crippen LogP contribution in [0.15, 0.2) is 27.8 Å². The third kappa shape index (κ3) is 5.59. The van der Waals surface area contributed by atoms with Crippen LogP contribution in [0.1, 0.15) is 0 Å². The van der Waals surface area contributed by atoms with Crippen LogP contribution < -0.4 is 5.32 Å². The Balaban J connectivity index is 2.74. The van der Waals surface area contributed by atoms with Gasteiger partial charge in [-0.2, -0.15) is 17.5 Å². The first-order valence-corrected chi connectivity index (χ1v) is 7.66. The van der Waals surface area contributed by atoms with Crippen LogP contribution in [0.2, 0.25) is 0 Å². The molecular weight excluding hydrogens is 379 g/mol. The van der Waals surface area contributed by atoms with Gasteiger partial charge in [0.25, 0.3) is 0 Å². The van der Waals surface area contributed by atoms with E-state index < -0.39 is 35.2 Å². The van der Waals surface area contributed by atoms with E-state index in [-0.39, 0.29) is 4.90 Å². The summed E-state index contributed by atoms with van der Waals surface area (Å²) in [7, 11) is -2.92. The van der Waals surface area contributed by atoms with Gasteiger partial charge in [0.05, 0.1) is 6.54 Å². The molecular formula is C10H11BrF3N3O3S. The number of carbonyl (C=O) groups is 1. The Morgan fingerprint density at radius 3 is 2.57 bits per heavy atom. The molecule has 0 unspecified atom stereocenters. The quantitative estimate of drug-likeness (QED) is 0.818. The molecule has 1 amide bonds. The average Bonchev–Trinajstić information content (AvgIpc) is 2.35. The molecule has 1 rings (SSSR count). The Morgan fingerprint density at radius 2 is 2.05 bits per heavy atom. The van der Waals surface area contributed by atoms with E-state index >= 15 is 0 Å². The number of hydrogen-bond acceptors (Lipinski definition) is 4. The van der Waals surface area contributed by atoms with Crippen LogP contribution >= 0.6 is 15.9 Å². The zero-order valence-electron chi connectivity index (χ0n) is 10.7. The zero-order chi connectivity index (χ0) is 16.3. The van der Waals surface area contributed by atoms with Gasteiger partial charge in [-0.25, -0.2) is 8.42 Å². The van der Waals surface area contributed by atoms with Gasteiger partial charge < -0.3 is 5.32 Å². The third-order valence-corrected chi connectivity index (χ3v) is 4.44. The average molecular weight is 390 g/mol. The summed E-state index contributed by atoms with van der Waals surface area (Å²) >= 11 is 3.05. The van der Waals surface area contributed by atoms with Crippen molar-refractivity contribution < 1.29 is 26.4 Å². The number of amides is 1. The van der Waals surface area contributed by atoms with Gasteiger partial charge in [0.2, 0.25) is 15.9 Å². The van der Waals surface area contributed by atoms with Gasteiger partial charge in [-0.1, -0.05) is 0 Å². The lowest BCUT2D eigenvalue weighted by Gasteiger charge is -2.17. The van der Waals surface area contributed by atoms with Crippen molar-refractivity contribution >= 4 is 31.9 Å². The lowest BCUT2D eigenvalue weighted by atomic mass is 10.5. The van der Waals surface area contributed by atoms with Crippen LogP contribution in [-0.2, 0) is 14.8 Å². The molecule has 0 aliphatic carbocycles. The molecule has 0 spiro atoms. The van der Waals surface area contributed by atoms with E-state index in [1.807, 2.05) is 0 Å². The molecule has 0 aliphatic rings. The van der Waals surface area contributed by atoms with Crippen molar-refractivity contribution in [1.29, 1.82) is 0 Å². The topological polar surface area (TPSA) is 79.4 Å². The smallest absolute Gasteiger partial charge is 0.346 e. The lowest BCUT2D eigenvalue weighted by Crippen LogP contribution is -2.41. The molecule has 0 atom stereocenters. The highest BCUT2D eigenvalue weighted by molar-refractivity contribution is 9.10. The minimum absolute atomic E-state index is 0.178. The number of pyridine rings is 1. The summed E-state index contributed by atoms with van der Waals surface area (Å²) in [6.07, 6.45) is -2.11. The molecule has 1 aromatic heterocycles. The number of nitrogens with zero attached hydrogens (tertiary/aromatic N) is 2. The predicted molar refractivity (Wildman–Crippen MR) is 70.8 cm³/mol. The summed E-state index contributed by atoms with van der Waals surface area (Å²) in [5.41, 5.74) is 0. The Labute approximate surface area is 127 Å². The molecule has 0 saturated heterocycles. The summed E-state index contributed by atoms with van der Waals surface area (Å²) in [5.74, 6) is -1.05. The molecule has 21 heavy (non-hydrogen) atoms. The maximum atomic E-state index is 12.1. The molecule has 1 N–H and O–H groups in total. The number of alkyl halides is 3. The first-order valence-electron chi connectivity index (χ1n) is 5.43. The summed E-state index contributed by atoms with van der Waals surface area (Å²) in [6.45, 7) is -2.25. The molecule has 11 heteroatoms. The van der Waals surface area contributed by atoms with Crippen molar-refractivity contribution in [3.8, 4) is 0 Å². The molecule has 0 radical (unpaired) electrons. The number of likely N-dealkylation sites (N-methyl/N-ethyl adjacent to an activating group) is 1. The number of nitrogens with one attached hydrogen (secondary N) is 1. The standard InChI is InChI=1S/C10H11BrF3N3O3S/c1-17(5-9(18)16-6-10(12,13)14)21(19,20)8-2-7(11)3-15-4-8/h2-4H,5-6H2,1H3,(H,16,18). The predicted octanol–water partition coefficient (Wildman–Crippen LogP) is 1.14. The van der Waals surface area contributed by atoms with Gasteiger partial charge in [-0.05, 0) is 22.0 Å². The SMILES string of the molecule is CN(CC(=O)NCC(F)(F)F)S(=O)(=O)c1cncc(Br)c1. The first kappa shape index (κ1) is 17.9. The van der Waals surface area contributed by atoms with E-state index in [1.54, 1.807) is 5.32 Å². The van der Waals surface area contributed by atoms with Crippen molar-refractivity contribution in [2.75, 3.05) is 20.1 Å². The van der Waals surface area contributed by atoms with Gasteiger partial charge in [0, 0.05) is 23.9 Å². The van der Waals surface area contributed by atoms with E-state index in [0.717, 1.165) is 13.2 Å². The van der Waals surface area contributed by atoms with E-state index in [4.69, 9.17) is 0 Å². The molecule has 0 saturated carbocycles. The molecule has 0 aliphatic heterocycles. The number of sulfonamides is 1. The van der Waals surface area contributed by atoms with Crippen LogP contribution in [0, 0.1) is 0 Å². The monoisotopic (exact) mass is 389 g/mol. The summed E-state index contributed by atoms with van der Waals surface area (Å²) < 4.78 is 61.0.